The zero-order valence-electron chi connectivity index (χ0n) is 17.1. The number of likely N-dealkylation sites (tertiary alicyclic amines) is 1. The van der Waals surface area contributed by atoms with E-state index in [2.05, 4.69) is 10.6 Å². The first-order chi connectivity index (χ1) is 14.4. The Morgan fingerprint density at radius 2 is 1.93 bits per heavy atom. The van der Waals surface area contributed by atoms with Crippen molar-refractivity contribution in [1.82, 2.24) is 15.5 Å². The Morgan fingerprint density at radius 3 is 2.60 bits per heavy atom. The predicted octanol–water partition coefficient (Wildman–Crippen LogP) is 0.690. The summed E-state index contributed by atoms with van der Waals surface area (Å²) in [5, 5.41) is 21.7. The van der Waals surface area contributed by atoms with Gasteiger partial charge in [0.2, 0.25) is 11.8 Å². The van der Waals surface area contributed by atoms with Crippen LogP contribution in [-0.4, -0.2) is 59.4 Å². The number of hydrogen-bond acceptors (Lipinski definition) is 4. The Labute approximate surface area is 176 Å². The number of carboxylic acid groups (broad SMARTS) is 1. The van der Waals surface area contributed by atoms with Crippen LogP contribution in [0.2, 0.25) is 0 Å². The molecule has 2 rings (SSSR count). The van der Waals surface area contributed by atoms with Gasteiger partial charge in [0, 0.05) is 32.1 Å². The van der Waals surface area contributed by atoms with Crippen LogP contribution in [0.5, 0.6) is 0 Å². The first-order valence-corrected chi connectivity index (χ1v) is 10.3. The Morgan fingerprint density at radius 1 is 1.20 bits per heavy atom. The molecular formula is C21H31N5O4. The van der Waals surface area contributed by atoms with Crippen LogP contribution in [0, 0.1) is 11.3 Å². The molecule has 1 fully saturated rings. The molecule has 9 heteroatoms. The molecule has 0 aliphatic carbocycles. The molecule has 0 unspecified atom stereocenters. The van der Waals surface area contributed by atoms with Gasteiger partial charge >= 0.3 is 5.97 Å². The number of carbonyl (C=O) groups excluding carboxylic acids is 2. The lowest BCUT2D eigenvalue weighted by Gasteiger charge is -2.25. The number of carbonyl (C=O) groups is 3. The van der Waals surface area contributed by atoms with Crippen LogP contribution in [0.1, 0.15) is 37.7 Å². The fraction of sp³-hybridized carbons (Fsp3) is 0.524. The van der Waals surface area contributed by atoms with Crippen LogP contribution in [0.4, 0.5) is 0 Å². The lowest BCUT2D eigenvalue weighted by Crippen LogP contribution is -2.42. The van der Waals surface area contributed by atoms with Gasteiger partial charge in [0.25, 0.3) is 0 Å². The number of guanidine groups is 1. The zero-order chi connectivity index (χ0) is 21.9. The van der Waals surface area contributed by atoms with Gasteiger partial charge in [0.05, 0.1) is 12.3 Å². The number of hydrogen-bond donors (Lipinski definition) is 5. The van der Waals surface area contributed by atoms with Crippen LogP contribution < -0.4 is 16.4 Å². The summed E-state index contributed by atoms with van der Waals surface area (Å²) >= 11 is 0. The van der Waals surface area contributed by atoms with Crippen LogP contribution in [0.25, 0.3) is 0 Å². The maximum Gasteiger partial charge on any atom is 0.304 e. The molecule has 164 valence electrons. The monoisotopic (exact) mass is 417 g/mol. The minimum Gasteiger partial charge on any atom is -0.481 e. The number of nitrogens with one attached hydrogen (secondary N) is 3. The van der Waals surface area contributed by atoms with E-state index in [0.717, 1.165) is 12.8 Å². The van der Waals surface area contributed by atoms with Gasteiger partial charge in [-0.05, 0) is 31.2 Å². The molecule has 1 aromatic rings. The van der Waals surface area contributed by atoms with Crippen LogP contribution >= 0.6 is 0 Å². The molecule has 1 heterocycles. The fourth-order valence-electron chi connectivity index (χ4n) is 3.73. The molecule has 6 N–H and O–H groups in total. The second-order valence-electron chi connectivity index (χ2n) is 7.55. The van der Waals surface area contributed by atoms with E-state index in [9.17, 15) is 14.4 Å². The number of aliphatic carboxylic acids is 1. The molecule has 1 aliphatic rings. The number of amides is 2. The minimum absolute atomic E-state index is 0.129. The molecule has 0 aromatic heterocycles. The average molecular weight is 418 g/mol. The third-order valence-electron chi connectivity index (χ3n) is 5.19. The first kappa shape index (κ1) is 23.2. The summed E-state index contributed by atoms with van der Waals surface area (Å²) < 4.78 is 0. The summed E-state index contributed by atoms with van der Waals surface area (Å²) in [5.41, 5.74) is 6.39. The Hall–Kier alpha value is -3.10. The van der Waals surface area contributed by atoms with Gasteiger partial charge in [-0.3, -0.25) is 19.8 Å². The molecule has 30 heavy (non-hydrogen) atoms. The number of carboxylic acids is 1. The standard InChI is InChI=1S/C21H31N5O4/c22-21(23)24-10-4-9-18(27)25-14-17-12-16(13-19(28)29)20(30)26(17)11-5-8-15-6-2-1-3-7-15/h1-3,6-7,16-17H,4-5,8-14H2,(H,25,27)(H,28,29)(H4,22,23,24)/t16-,17-/m0/s1. The highest BCUT2D eigenvalue weighted by Crippen LogP contribution is 2.27. The van der Waals surface area contributed by atoms with E-state index < -0.39 is 11.9 Å². The van der Waals surface area contributed by atoms with Crippen LogP contribution in [0.3, 0.4) is 0 Å². The second kappa shape index (κ2) is 11.8. The molecule has 0 bridgehead atoms. The van der Waals surface area contributed by atoms with Crippen molar-refractivity contribution < 1.29 is 19.5 Å². The SMILES string of the molecule is N=C(N)NCCCC(=O)NC[C@@H]1C[C@@H](CC(=O)O)C(=O)N1CCCc1ccccc1. The van der Waals surface area contributed by atoms with Crippen LogP contribution in [-0.2, 0) is 20.8 Å². The lowest BCUT2D eigenvalue weighted by molar-refractivity contribution is -0.142. The van der Waals surface area contributed by atoms with Crippen molar-refractivity contribution in [3.05, 3.63) is 35.9 Å². The molecule has 1 aromatic carbocycles. The number of rotatable bonds is 12. The normalized spacial score (nSPS) is 18.3. The first-order valence-electron chi connectivity index (χ1n) is 10.3. The van der Waals surface area contributed by atoms with E-state index in [4.69, 9.17) is 16.2 Å². The molecule has 2 amide bonds. The summed E-state index contributed by atoms with van der Waals surface area (Å²) in [4.78, 5) is 37.6. The summed E-state index contributed by atoms with van der Waals surface area (Å²) in [6.45, 7) is 1.29. The van der Waals surface area contributed by atoms with Gasteiger partial charge in [0.1, 0.15) is 0 Å². The van der Waals surface area contributed by atoms with E-state index in [1.54, 1.807) is 4.90 Å². The molecule has 1 saturated heterocycles. The van der Waals surface area contributed by atoms with Crippen molar-refractivity contribution >= 4 is 23.7 Å². The highest BCUT2D eigenvalue weighted by Gasteiger charge is 2.39. The van der Waals surface area contributed by atoms with E-state index in [1.807, 2.05) is 30.3 Å². The Balaban J connectivity index is 1.85. The fourth-order valence-corrected chi connectivity index (χ4v) is 3.73. The Bertz CT molecular complexity index is 740. The molecule has 0 spiro atoms. The van der Waals surface area contributed by atoms with Gasteiger partial charge in [-0.15, -0.1) is 0 Å². The molecule has 0 radical (unpaired) electrons. The molecule has 9 nitrogen and oxygen atoms in total. The van der Waals surface area contributed by atoms with Gasteiger partial charge < -0.3 is 26.4 Å². The van der Waals surface area contributed by atoms with Gasteiger partial charge in [-0.2, -0.15) is 0 Å². The quantitative estimate of drug-likeness (QED) is 0.192. The van der Waals surface area contributed by atoms with Crippen molar-refractivity contribution in [2.24, 2.45) is 11.7 Å². The smallest absolute Gasteiger partial charge is 0.304 e. The van der Waals surface area contributed by atoms with Crippen molar-refractivity contribution in [3.63, 3.8) is 0 Å². The highest BCUT2D eigenvalue weighted by atomic mass is 16.4. The van der Waals surface area contributed by atoms with E-state index in [0.29, 0.717) is 32.5 Å². The van der Waals surface area contributed by atoms with E-state index >= 15 is 0 Å². The Kier molecular flexibility index (Phi) is 9.11. The van der Waals surface area contributed by atoms with Crippen molar-refractivity contribution in [3.8, 4) is 0 Å². The largest absolute Gasteiger partial charge is 0.481 e. The molecular weight excluding hydrogens is 386 g/mol. The van der Waals surface area contributed by atoms with Gasteiger partial charge in [-0.1, -0.05) is 30.3 Å². The van der Waals surface area contributed by atoms with Crippen LogP contribution in [0.15, 0.2) is 30.3 Å². The summed E-state index contributed by atoms with van der Waals surface area (Å²) in [6.07, 6.45) is 2.68. The molecule has 0 saturated carbocycles. The third kappa shape index (κ3) is 7.73. The second-order valence-corrected chi connectivity index (χ2v) is 7.55. The molecule has 1 aliphatic heterocycles. The summed E-state index contributed by atoms with van der Waals surface area (Å²) in [6, 6.07) is 9.79. The van der Waals surface area contributed by atoms with E-state index in [1.165, 1.54) is 5.56 Å². The lowest BCUT2D eigenvalue weighted by atomic mass is 10.0. The van der Waals surface area contributed by atoms with Gasteiger partial charge in [0.15, 0.2) is 5.96 Å². The van der Waals surface area contributed by atoms with Crippen molar-refractivity contribution in [2.45, 2.75) is 44.6 Å². The van der Waals surface area contributed by atoms with Crippen molar-refractivity contribution in [1.29, 1.82) is 5.41 Å². The highest BCUT2D eigenvalue weighted by molar-refractivity contribution is 5.85. The minimum atomic E-state index is -0.986. The maximum atomic E-state index is 12.7. The summed E-state index contributed by atoms with van der Waals surface area (Å²) in [5.74, 6) is -1.94. The third-order valence-corrected chi connectivity index (χ3v) is 5.19. The van der Waals surface area contributed by atoms with Crippen molar-refractivity contribution in [2.75, 3.05) is 19.6 Å². The zero-order valence-corrected chi connectivity index (χ0v) is 17.1. The number of nitrogens with zero attached hydrogens (tertiary/aromatic N) is 1. The number of aryl methyl sites for hydroxylation is 1. The number of benzene rings is 1. The predicted molar refractivity (Wildman–Crippen MR) is 113 cm³/mol. The maximum absolute atomic E-state index is 12.7. The topological polar surface area (TPSA) is 149 Å². The van der Waals surface area contributed by atoms with E-state index in [-0.39, 0.29) is 36.7 Å². The summed E-state index contributed by atoms with van der Waals surface area (Å²) in [7, 11) is 0. The number of nitrogens with two attached hydrogens (primary N) is 1. The molecule has 2 atom stereocenters. The van der Waals surface area contributed by atoms with Gasteiger partial charge in [-0.25, -0.2) is 0 Å². The average Bonchev–Trinajstić information content (AvgIpc) is 2.99.